The summed E-state index contributed by atoms with van der Waals surface area (Å²) in [5, 5.41) is 25.0. The predicted molar refractivity (Wildman–Crippen MR) is 131 cm³/mol. The van der Waals surface area contributed by atoms with Gasteiger partial charge in [-0.05, 0) is 16.0 Å². The average molecular weight is 573 g/mol. The minimum atomic E-state index is -1.28. The Morgan fingerprint density at radius 3 is 2.86 bits per heavy atom. The summed E-state index contributed by atoms with van der Waals surface area (Å²) in [7, 11) is 1.24. The number of ether oxygens (including phenoxy) is 1. The average Bonchev–Trinajstić information content (AvgIpc) is 3.49. The summed E-state index contributed by atoms with van der Waals surface area (Å²) in [5.74, 6) is -2.57. The molecule has 14 nitrogen and oxygen atoms in total. The molecule has 4 N–H and O–H groups in total. The summed E-state index contributed by atoms with van der Waals surface area (Å²) in [5.41, 5.74) is 7.28. The van der Waals surface area contributed by atoms with Gasteiger partial charge < -0.3 is 20.9 Å². The number of thioether (sulfide) groups is 2. The lowest BCUT2D eigenvalue weighted by Gasteiger charge is -2.49. The first-order chi connectivity index (χ1) is 17.2. The smallest absolute Gasteiger partial charge is 0.352 e. The van der Waals surface area contributed by atoms with Crippen LogP contribution in [0.25, 0.3) is 5.57 Å². The van der Waals surface area contributed by atoms with E-state index in [1.165, 1.54) is 23.6 Å². The number of hydrogen-bond acceptors (Lipinski definition) is 13. The Bertz CT molecular complexity index is 1290. The second-order valence-electron chi connectivity index (χ2n) is 7.20. The number of nitrogen functional groups attached to an aromatic ring is 1. The van der Waals surface area contributed by atoms with Gasteiger partial charge in [-0.15, -0.1) is 28.2 Å². The number of carbonyl (C=O) groups excluding carboxylic acids is 3. The summed E-state index contributed by atoms with van der Waals surface area (Å²) in [4.78, 5) is 54.4. The SMILES string of the molecule is COC(=O)Cn1nnnc1SCC1=C(C(=O)O)N2C(=O)C(NC(=O)/C(=C/Cl)c3csc(N)n3)[C@H]2SC1. The third kappa shape index (κ3) is 5.04. The van der Waals surface area contributed by atoms with Crippen LogP contribution in [0.5, 0.6) is 0 Å². The quantitative estimate of drug-likeness (QED) is 0.157. The van der Waals surface area contributed by atoms with Crippen molar-refractivity contribution in [3.8, 4) is 0 Å². The van der Waals surface area contributed by atoms with Gasteiger partial charge in [-0.3, -0.25) is 19.3 Å². The van der Waals surface area contributed by atoms with E-state index in [0.29, 0.717) is 5.57 Å². The van der Waals surface area contributed by atoms with Crippen LogP contribution < -0.4 is 11.1 Å². The number of nitrogens with one attached hydrogen (secondary N) is 1. The molecular formula is C18H17ClN8O6S3. The van der Waals surface area contributed by atoms with E-state index in [1.807, 2.05) is 0 Å². The topological polar surface area (TPSA) is 196 Å². The number of hydrogen-bond donors (Lipinski definition) is 3. The zero-order valence-corrected chi connectivity index (χ0v) is 21.5. The molecule has 0 aromatic carbocycles. The number of methoxy groups -OCH3 is 1. The lowest BCUT2D eigenvalue weighted by atomic mass is 10.0. The molecule has 1 unspecified atom stereocenters. The normalized spacial score (nSPS) is 19.6. The largest absolute Gasteiger partial charge is 0.477 e. The second kappa shape index (κ2) is 10.9. The van der Waals surface area contributed by atoms with Gasteiger partial charge in [0.05, 0.1) is 18.4 Å². The van der Waals surface area contributed by atoms with Crippen LogP contribution in [0.1, 0.15) is 5.69 Å². The Balaban J connectivity index is 1.46. The minimum absolute atomic E-state index is 0.0347. The fourth-order valence-corrected chi connectivity index (χ4v) is 6.52. The molecule has 0 aliphatic carbocycles. The first-order valence-corrected chi connectivity index (χ1v) is 13.3. The molecule has 4 rings (SSSR count). The van der Waals surface area contributed by atoms with Gasteiger partial charge >= 0.3 is 11.9 Å². The van der Waals surface area contributed by atoms with Gasteiger partial charge in [0, 0.05) is 22.4 Å². The molecule has 0 radical (unpaired) electrons. The van der Waals surface area contributed by atoms with E-state index in [-0.39, 0.29) is 45.3 Å². The molecule has 1 fully saturated rings. The monoisotopic (exact) mass is 572 g/mol. The molecular weight excluding hydrogens is 556 g/mol. The highest BCUT2D eigenvalue weighted by Crippen LogP contribution is 2.41. The van der Waals surface area contributed by atoms with E-state index < -0.39 is 35.2 Å². The first kappa shape index (κ1) is 25.9. The van der Waals surface area contributed by atoms with Crippen LogP contribution in [0.4, 0.5) is 5.13 Å². The number of tetrazole rings is 1. The number of thiazole rings is 1. The maximum atomic E-state index is 12.9. The molecule has 2 amide bonds. The number of carbonyl (C=O) groups is 4. The van der Waals surface area contributed by atoms with Crippen LogP contribution in [0.3, 0.4) is 0 Å². The number of anilines is 1. The van der Waals surface area contributed by atoms with Crippen molar-refractivity contribution in [2.24, 2.45) is 0 Å². The second-order valence-corrected chi connectivity index (χ2v) is 10.4. The highest BCUT2D eigenvalue weighted by molar-refractivity contribution is 8.01. The van der Waals surface area contributed by atoms with Crippen LogP contribution in [0.2, 0.25) is 0 Å². The molecule has 2 aliphatic heterocycles. The first-order valence-electron chi connectivity index (χ1n) is 9.93. The predicted octanol–water partition coefficient (Wildman–Crippen LogP) is -0.00460. The van der Waals surface area contributed by atoms with E-state index in [0.717, 1.165) is 33.5 Å². The number of rotatable bonds is 9. The standard InChI is InChI=1S/C18H17ClN8O6S3/c1-33-10(28)3-26-18(23-24-25-26)36-5-7-4-34-15-11(14(30)27(15)12(7)16(31)32)22-13(29)8(2-19)9-6-35-17(20)21-9/h2,6,11,15H,3-5H2,1H3,(H2,20,21)(H,22,29)(H,31,32)/b8-2+/t11?,15-/m1/s1. The Kier molecular flexibility index (Phi) is 7.82. The number of nitrogens with zero attached hydrogens (tertiary/aromatic N) is 6. The molecule has 2 atom stereocenters. The molecule has 18 heteroatoms. The third-order valence-electron chi connectivity index (χ3n) is 5.07. The number of halogens is 1. The number of nitrogens with two attached hydrogens (primary N) is 1. The highest BCUT2D eigenvalue weighted by Gasteiger charge is 2.54. The summed E-state index contributed by atoms with van der Waals surface area (Å²) < 4.78 is 5.83. The van der Waals surface area contributed by atoms with Gasteiger partial charge in [-0.1, -0.05) is 23.4 Å². The fraction of sp³-hybridized carbons (Fsp3) is 0.333. The zero-order chi connectivity index (χ0) is 26.0. The van der Waals surface area contributed by atoms with Gasteiger partial charge in [0.25, 0.3) is 11.8 Å². The van der Waals surface area contributed by atoms with Crippen LogP contribution >= 0.6 is 46.5 Å². The summed E-state index contributed by atoms with van der Waals surface area (Å²) >= 11 is 9.36. The van der Waals surface area contributed by atoms with Crippen LogP contribution in [-0.4, -0.2) is 89.0 Å². The molecule has 0 bridgehead atoms. The molecule has 2 aromatic rings. The maximum absolute atomic E-state index is 12.9. The summed E-state index contributed by atoms with van der Waals surface area (Å²) in [6.07, 6.45) is 0. The van der Waals surface area contributed by atoms with E-state index >= 15 is 0 Å². The number of carboxylic acids is 1. The zero-order valence-electron chi connectivity index (χ0n) is 18.3. The Labute approximate surface area is 220 Å². The van der Waals surface area contributed by atoms with E-state index in [4.69, 9.17) is 17.3 Å². The number of aliphatic carboxylic acids is 1. The van der Waals surface area contributed by atoms with Gasteiger partial charge in [-0.25, -0.2) is 14.5 Å². The number of β-lactam (4-membered cyclic amide) rings is 1. The molecule has 0 saturated carbocycles. The van der Waals surface area contributed by atoms with E-state index in [1.54, 1.807) is 5.38 Å². The van der Waals surface area contributed by atoms with Gasteiger partial charge in [0.15, 0.2) is 5.13 Å². The summed E-state index contributed by atoms with van der Waals surface area (Å²) in [6, 6.07) is -0.944. The van der Waals surface area contributed by atoms with Crippen molar-refractivity contribution in [2.75, 3.05) is 24.3 Å². The fourth-order valence-electron chi connectivity index (χ4n) is 3.38. The molecule has 1 saturated heterocycles. The van der Waals surface area contributed by atoms with Crippen molar-refractivity contribution < 1.29 is 29.0 Å². The van der Waals surface area contributed by atoms with Gasteiger partial charge in [0.1, 0.15) is 23.7 Å². The molecule has 2 aliphatic rings. The molecule has 4 heterocycles. The molecule has 36 heavy (non-hydrogen) atoms. The molecule has 190 valence electrons. The number of carboxylic acid groups (broad SMARTS) is 1. The van der Waals surface area contributed by atoms with Crippen molar-refractivity contribution >= 4 is 80.9 Å². The van der Waals surface area contributed by atoms with Crippen molar-refractivity contribution in [3.05, 3.63) is 27.9 Å². The van der Waals surface area contributed by atoms with Crippen molar-refractivity contribution in [1.82, 2.24) is 35.4 Å². The lowest BCUT2D eigenvalue weighted by molar-refractivity contribution is -0.150. The third-order valence-corrected chi connectivity index (χ3v) is 8.34. The molecule has 2 aromatic heterocycles. The van der Waals surface area contributed by atoms with Crippen LogP contribution in [0, 0.1) is 0 Å². The number of aromatic nitrogens is 5. The van der Waals surface area contributed by atoms with Crippen LogP contribution in [0.15, 0.2) is 27.3 Å². The highest BCUT2D eigenvalue weighted by atomic mass is 35.5. The maximum Gasteiger partial charge on any atom is 0.352 e. The lowest BCUT2D eigenvalue weighted by Crippen LogP contribution is -2.70. The minimum Gasteiger partial charge on any atom is -0.477 e. The Morgan fingerprint density at radius 2 is 2.22 bits per heavy atom. The number of amides is 2. The van der Waals surface area contributed by atoms with Crippen molar-refractivity contribution in [2.45, 2.75) is 23.1 Å². The Hall–Kier alpha value is -3.15. The van der Waals surface area contributed by atoms with Gasteiger partial charge in [-0.2, -0.15) is 0 Å². The Morgan fingerprint density at radius 1 is 1.44 bits per heavy atom. The molecule has 0 spiro atoms. The van der Waals surface area contributed by atoms with Crippen molar-refractivity contribution in [3.63, 3.8) is 0 Å². The number of esters is 1. The van der Waals surface area contributed by atoms with Gasteiger partial charge in [0.2, 0.25) is 5.16 Å². The van der Waals surface area contributed by atoms with Crippen LogP contribution in [-0.2, 0) is 30.5 Å². The van der Waals surface area contributed by atoms with E-state index in [2.05, 4.69) is 30.6 Å². The number of fused-ring (bicyclic) bond motifs is 1. The van der Waals surface area contributed by atoms with E-state index in [9.17, 15) is 24.3 Å². The van der Waals surface area contributed by atoms with Crippen molar-refractivity contribution in [1.29, 1.82) is 0 Å². The summed E-state index contributed by atoms with van der Waals surface area (Å²) in [6.45, 7) is -0.203.